The van der Waals surface area contributed by atoms with Crippen molar-refractivity contribution < 1.29 is 4.74 Å². The predicted octanol–water partition coefficient (Wildman–Crippen LogP) is 4.18. The molecule has 2 rings (SSSR count). The minimum atomic E-state index is 0.292. The lowest BCUT2D eigenvalue weighted by molar-refractivity contribution is 0.461. The molecule has 0 fully saturated rings. The lowest BCUT2D eigenvalue weighted by Crippen LogP contribution is -2.11. The highest BCUT2D eigenvalue weighted by Crippen LogP contribution is 2.31. The molecule has 0 saturated carbocycles. The summed E-state index contributed by atoms with van der Waals surface area (Å²) in [5.41, 5.74) is 2.04. The molecule has 1 heterocycles. The van der Waals surface area contributed by atoms with Gasteiger partial charge in [0.05, 0.1) is 10.7 Å². The van der Waals surface area contributed by atoms with E-state index in [2.05, 4.69) is 45.1 Å². The largest absolute Gasteiger partial charge is 0.453 e. The van der Waals surface area contributed by atoms with Gasteiger partial charge in [-0.05, 0) is 47.6 Å². The molecule has 0 bridgehead atoms. The van der Waals surface area contributed by atoms with Gasteiger partial charge in [0, 0.05) is 12.5 Å². The second kappa shape index (κ2) is 7.00. The standard InChI is InChI=1S/C16H20BrN3O/c1-10(2)16-19-9-15(13(20-16)8-18-4)21-14-6-5-11(3)7-12(14)17/h5-7,9-10,18H,8H2,1-4H3. The molecule has 0 amide bonds. The van der Waals surface area contributed by atoms with Crippen LogP contribution in [0.5, 0.6) is 11.5 Å². The minimum Gasteiger partial charge on any atom is -0.453 e. The number of nitrogens with one attached hydrogen (secondary N) is 1. The third-order valence-electron chi connectivity index (χ3n) is 3.02. The van der Waals surface area contributed by atoms with E-state index in [1.54, 1.807) is 6.20 Å². The maximum Gasteiger partial charge on any atom is 0.168 e. The smallest absolute Gasteiger partial charge is 0.168 e. The minimum absolute atomic E-state index is 0.292. The second-order valence-electron chi connectivity index (χ2n) is 5.26. The van der Waals surface area contributed by atoms with Gasteiger partial charge in [0.1, 0.15) is 17.3 Å². The quantitative estimate of drug-likeness (QED) is 0.879. The Hall–Kier alpha value is -1.46. The van der Waals surface area contributed by atoms with Crippen LogP contribution in [-0.4, -0.2) is 17.0 Å². The Morgan fingerprint density at radius 2 is 2.05 bits per heavy atom. The fourth-order valence-corrected chi connectivity index (χ4v) is 2.46. The zero-order valence-electron chi connectivity index (χ0n) is 12.8. The highest BCUT2D eigenvalue weighted by Gasteiger charge is 2.12. The molecule has 2 aromatic rings. The molecule has 0 unspecified atom stereocenters. The Balaban J connectivity index is 2.34. The topological polar surface area (TPSA) is 47.0 Å². The summed E-state index contributed by atoms with van der Waals surface area (Å²) < 4.78 is 6.89. The third kappa shape index (κ3) is 4.02. The van der Waals surface area contributed by atoms with Crippen LogP contribution in [0, 0.1) is 6.92 Å². The van der Waals surface area contributed by atoms with Crippen LogP contribution in [0.3, 0.4) is 0 Å². The number of rotatable bonds is 5. The van der Waals surface area contributed by atoms with Crippen molar-refractivity contribution >= 4 is 15.9 Å². The van der Waals surface area contributed by atoms with E-state index in [4.69, 9.17) is 4.74 Å². The Kier molecular flexibility index (Phi) is 5.31. The monoisotopic (exact) mass is 349 g/mol. The SMILES string of the molecule is CNCc1nc(C(C)C)ncc1Oc1ccc(C)cc1Br. The predicted molar refractivity (Wildman–Crippen MR) is 87.8 cm³/mol. The molecule has 1 aromatic heterocycles. The van der Waals surface area contributed by atoms with Crippen molar-refractivity contribution in [3.8, 4) is 11.5 Å². The van der Waals surface area contributed by atoms with Gasteiger partial charge in [-0.1, -0.05) is 19.9 Å². The molecule has 1 N–H and O–H groups in total. The van der Waals surface area contributed by atoms with Crippen molar-refractivity contribution in [1.82, 2.24) is 15.3 Å². The summed E-state index contributed by atoms with van der Waals surface area (Å²) in [5, 5.41) is 3.12. The maximum absolute atomic E-state index is 5.97. The first-order chi connectivity index (χ1) is 10.0. The molecule has 0 radical (unpaired) electrons. The van der Waals surface area contributed by atoms with E-state index < -0.39 is 0 Å². The van der Waals surface area contributed by atoms with Gasteiger partial charge in [0.25, 0.3) is 0 Å². The van der Waals surface area contributed by atoms with Crippen molar-refractivity contribution in [3.05, 3.63) is 46.0 Å². The molecule has 0 spiro atoms. The van der Waals surface area contributed by atoms with E-state index in [-0.39, 0.29) is 0 Å². The lowest BCUT2D eigenvalue weighted by Gasteiger charge is -2.13. The number of ether oxygens (including phenoxy) is 1. The number of benzene rings is 1. The van der Waals surface area contributed by atoms with Gasteiger partial charge >= 0.3 is 0 Å². The Labute approximate surface area is 134 Å². The molecule has 0 atom stereocenters. The van der Waals surface area contributed by atoms with Crippen molar-refractivity contribution in [1.29, 1.82) is 0 Å². The van der Waals surface area contributed by atoms with Gasteiger partial charge in [0.15, 0.2) is 5.75 Å². The fraction of sp³-hybridized carbons (Fsp3) is 0.375. The van der Waals surface area contributed by atoms with Crippen molar-refractivity contribution in [2.75, 3.05) is 7.05 Å². The average Bonchev–Trinajstić information content (AvgIpc) is 2.43. The van der Waals surface area contributed by atoms with Gasteiger partial charge in [-0.15, -0.1) is 0 Å². The van der Waals surface area contributed by atoms with Crippen LogP contribution in [0.2, 0.25) is 0 Å². The summed E-state index contributed by atoms with van der Waals surface area (Å²) in [6.45, 7) is 6.84. The van der Waals surface area contributed by atoms with Crippen molar-refractivity contribution in [2.45, 2.75) is 33.2 Å². The molecule has 0 saturated heterocycles. The van der Waals surface area contributed by atoms with E-state index in [9.17, 15) is 0 Å². The van der Waals surface area contributed by atoms with Gasteiger partial charge in [-0.2, -0.15) is 0 Å². The van der Waals surface area contributed by atoms with Crippen molar-refractivity contribution in [3.63, 3.8) is 0 Å². The van der Waals surface area contributed by atoms with Crippen LogP contribution < -0.4 is 10.1 Å². The molecular formula is C16H20BrN3O. The Bertz CT molecular complexity index is 629. The zero-order valence-corrected chi connectivity index (χ0v) is 14.4. The summed E-state index contributed by atoms with van der Waals surface area (Å²) in [5.74, 6) is 2.56. The fourth-order valence-electron chi connectivity index (χ4n) is 1.89. The average molecular weight is 350 g/mol. The van der Waals surface area contributed by atoms with Crippen LogP contribution in [0.4, 0.5) is 0 Å². The van der Waals surface area contributed by atoms with Gasteiger partial charge in [-0.25, -0.2) is 9.97 Å². The maximum atomic E-state index is 5.97. The molecule has 1 aromatic carbocycles. The molecule has 21 heavy (non-hydrogen) atoms. The number of aromatic nitrogens is 2. The van der Waals surface area contributed by atoms with Gasteiger partial charge in [0.2, 0.25) is 0 Å². The summed E-state index contributed by atoms with van der Waals surface area (Å²) in [7, 11) is 1.89. The molecule has 5 heteroatoms. The lowest BCUT2D eigenvalue weighted by atomic mass is 10.2. The summed E-state index contributed by atoms with van der Waals surface area (Å²) in [6, 6.07) is 5.98. The van der Waals surface area contributed by atoms with Gasteiger partial charge < -0.3 is 10.1 Å². The summed E-state index contributed by atoms with van der Waals surface area (Å²) in [4.78, 5) is 8.98. The Morgan fingerprint density at radius 1 is 1.29 bits per heavy atom. The molecular weight excluding hydrogens is 330 g/mol. The second-order valence-corrected chi connectivity index (χ2v) is 6.11. The number of nitrogens with zero attached hydrogens (tertiary/aromatic N) is 2. The van der Waals surface area contributed by atoms with E-state index in [0.717, 1.165) is 21.7 Å². The zero-order chi connectivity index (χ0) is 15.4. The normalized spacial score (nSPS) is 11.0. The number of aryl methyl sites for hydroxylation is 1. The van der Waals surface area contributed by atoms with E-state index in [1.807, 2.05) is 32.2 Å². The van der Waals surface area contributed by atoms with Crippen molar-refractivity contribution in [2.24, 2.45) is 0 Å². The van der Waals surface area contributed by atoms with Crippen LogP contribution in [0.25, 0.3) is 0 Å². The molecule has 112 valence electrons. The summed E-state index contributed by atoms with van der Waals surface area (Å²) in [6.07, 6.45) is 1.75. The van der Waals surface area contributed by atoms with Crippen LogP contribution in [0.15, 0.2) is 28.9 Å². The number of hydrogen-bond acceptors (Lipinski definition) is 4. The summed E-state index contributed by atoms with van der Waals surface area (Å²) >= 11 is 3.52. The third-order valence-corrected chi connectivity index (χ3v) is 3.64. The van der Waals surface area contributed by atoms with Gasteiger partial charge in [-0.3, -0.25) is 0 Å². The molecule has 4 nitrogen and oxygen atoms in total. The first kappa shape index (κ1) is 15.9. The number of hydrogen-bond donors (Lipinski definition) is 1. The molecule has 0 aliphatic carbocycles. The van der Waals surface area contributed by atoms with E-state index >= 15 is 0 Å². The Morgan fingerprint density at radius 3 is 2.67 bits per heavy atom. The van der Waals surface area contributed by atoms with Crippen LogP contribution in [-0.2, 0) is 6.54 Å². The molecule has 0 aliphatic rings. The van der Waals surface area contributed by atoms with Crippen LogP contribution in [0.1, 0.15) is 36.8 Å². The first-order valence-corrected chi connectivity index (χ1v) is 7.75. The van der Waals surface area contributed by atoms with E-state index in [1.165, 1.54) is 5.56 Å². The number of halogens is 1. The first-order valence-electron chi connectivity index (χ1n) is 6.95. The molecule has 0 aliphatic heterocycles. The van der Waals surface area contributed by atoms with E-state index in [0.29, 0.717) is 18.2 Å². The highest BCUT2D eigenvalue weighted by atomic mass is 79.9. The highest BCUT2D eigenvalue weighted by molar-refractivity contribution is 9.10. The van der Waals surface area contributed by atoms with Crippen LogP contribution >= 0.6 is 15.9 Å².